The number of benzene rings is 2. The number of nitrogen functional groups attached to an aromatic ring is 1. The van der Waals surface area contributed by atoms with Crippen LogP contribution in [0.25, 0.3) is 27.8 Å². The van der Waals surface area contributed by atoms with Crippen molar-refractivity contribution in [1.29, 1.82) is 0 Å². The summed E-state index contributed by atoms with van der Waals surface area (Å²) in [6.45, 7) is 0. The lowest BCUT2D eigenvalue weighted by molar-refractivity contribution is 1.07. The minimum Gasteiger partial charge on any atom is -0.308 e. The van der Waals surface area contributed by atoms with Crippen molar-refractivity contribution in [2.45, 2.75) is 0 Å². The van der Waals surface area contributed by atoms with Crippen molar-refractivity contribution in [3.63, 3.8) is 0 Å². The maximum absolute atomic E-state index is 6.03. The van der Waals surface area contributed by atoms with Crippen LogP contribution in [0, 0.1) is 3.57 Å². The van der Waals surface area contributed by atoms with Crippen molar-refractivity contribution in [2.24, 2.45) is 5.84 Å². The van der Waals surface area contributed by atoms with Crippen molar-refractivity contribution in [3.8, 4) is 16.8 Å². The van der Waals surface area contributed by atoms with Crippen molar-refractivity contribution in [1.82, 2.24) is 14.5 Å². The second-order valence-corrected chi connectivity index (χ2v) is 7.14. The van der Waals surface area contributed by atoms with E-state index < -0.39 is 0 Å². The Hall–Kier alpha value is -2.16. The number of nitrogens with one attached hydrogen (secondary N) is 1. The number of aromatic nitrogens is 3. The molecule has 0 aliphatic carbocycles. The van der Waals surface area contributed by atoms with Crippen molar-refractivity contribution in [2.75, 3.05) is 5.43 Å². The minimum absolute atomic E-state index is 0.583. The Morgan fingerprint density at radius 3 is 2.40 bits per heavy atom. The number of anilines is 1. The summed E-state index contributed by atoms with van der Waals surface area (Å²) in [6, 6.07) is 15.9. The number of nitrogens with zero attached hydrogens (tertiary/aromatic N) is 3. The van der Waals surface area contributed by atoms with Crippen LogP contribution in [0.1, 0.15) is 0 Å². The van der Waals surface area contributed by atoms with E-state index in [1.165, 1.54) is 9.90 Å². The number of nitrogens with two attached hydrogens (primary N) is 1. The minimum atomic E-state index is 0.583. The molecule has 0 unspecified atom stereocenters. The second kappa shape index (κ2) is 6.62. The van der Waals surface area contributed by atoms with E-state index >= 15 is 0 Å². The summed E-state index contributed by atoms with van der Waals surface area (Å²) in [7, 11) is 0. The zero-order valence-electron chi connectivity index (χ0n) is 12.9. The van der Waals surface area contributed by atoms with Gasteiger partial charge in [0.15, 0.2) is 11.5 Å². The van der Waals surface area contributed by atoms with Crippen LogP contribution in [0.4, 0.5) is 5.82 Å². The van der Waals surface area contributed by atoms with E-state index in [-0.39, 0.29) is 0 Å². The molecular formula is C18H13ClIN5. The van der Waals surface area contributed by atoms with Crippen LogP contribution in [0.15, 0.2) is 61.1 Å². The van der Waals surface area contributed by atoms with E-state index in [0.29, 0.717) is 10.8 Å². The second-order valence-electron chi connectivity index (χ2n) is 5.46. The van der Waals surface area contributed by atoms with Crippen molar-refractivity contribution in [3.05, 3.63) is 69.6 Å². The molecule has 2 heterocycles. The van der Waals surface area contributed by atoms with Crippen LogP contribution in [0.3, 0.4) is 0 Å². The SMILES string of the molecule is NNc1ncnc2c1c(-c1ccc(Cl)cc1)cn2-c1ccc(I)cc1. The lowest BCUT2D eigenvalue weighted by atomic mass is 10.1. The molecule has 0 aliphatic heterocycles. The molecule has 0 radical (unpaired) electrons. The average Bonchev–Trinajstić information content (AvgIpc) is 3.03. The number of hydrogen-bond acceptors (Lipinski definition) is 4. The first-order chi connectivity index (χ1) is 12.2. The molecule has 4 aromatic rings. The monoisotopic (exact) mass is 461 g/mol. The number of halogens is 2. The Morgan fingerprint density at radius 1 is 1.00 bits per heavy atom. The van der Waals surface area contributed by atoms with Gasteiger partial charge in [0.1, 0.15) is 6.33 Å². The third-order valence-electron chi connectivity index (χ3n) is 3.98. The van der Waals surface area contributed by atoms with Gasteiger partial charge in [-0.2, -0.15) is 0 Å². The first-order valence-corrected chi connectivity index (χ1v) is 8.97. The van der Waals surface area contributed by atoms with Gasteiger partial charge in [0.05, 0.1) is 5.39 Å². The third-order valence-corrected chi connectivity index (χ3v) is 4.95. The summed E-state index contributed by atoms with van der Waals surface area (Å²) in [5.74, 6) is 6.27. The smallest absolute Gasteiger partial charge is 0.153 e. The highest BCUT2D eigenvalue weighted by Gasteiger charge is 2.16. The predicted molar refractivity (Wildman–Crippen MR) is 110 cm³/mol. The van der Waals surface area contributed by atoms with Crippen LogP contribution in [0.5, 0.6) is 0 Å². The van der Waals surface area contributed by atoms with Gasteiger partial charge in [-0.05, 0) is 64.6 Å². The normalized spacial score (nSPS) is 11.0. The Balaban J connectivity index is 2.02. The maximum atomic E-state index is 6.03. The molecule has 7 heteroatoms. The van der Waals surface area contributed by atoms with Crippen LogP contribution < -0.4 is 11.3 Å². The van der Waals surface area contributed by atoms with Gasteiger partial charge in [0, 0.05) is 26.0 Å². The molecule has 0 atom stereocenters. The average molecular weight is 462 g/mol. The van der Waals surface area contributed by atoms with Crippen molar-refractivity contribution < 1.29 is 0 Å². The molecule has 124 valence electrons. The van der Waals surface area contributed by atoms with Crippen LogP contribution in [-0.2, 0) is 0 Å². The molecule has 2 aromatic carbocycles. The molecule has 0 aliphatic rings. The van der Waals surface area contributed by atoms with Gasteiger partial charge < -0.3 is 9.99 Å². The zero-order valence-corrected chi connectivity index (χ0v) is 15.9. The van der Waals surface area contributed by atoms with Crippen molar-refractivity contribution >= 4 is 51.0 Å². The Bertz CT molecular complexity index is 1040. The fraction of sp³-hybridized carbons (Fsp3) is 0. The number of hydrogen-bond donors (Lipinski definition) is 2. The summed E-state index contributed by atoms with van der Waals surface area (Å²) >= 11 is 8.32. The quantitative estimate of drug-likeness (QED) is 0.265. The highest BCUT2D eigenvalue weighted by molar-refractivity contribution is 14.1. The van der Waals surface area contributed by atoms with Gasteiger partial charge in [0.25, 0.3) is 0 Å². The molecular weight excluding hydrogens is 449 g/mol. The summed E-state index contributed by atoms with van der Waals surface area (Å²) < 4.78 is 3.22. The lowest BCUT2D eigenvalue weighted by Gasteiger charge is -2.05. The zero-order chi connectivity index (χ0) is 17.4. The lowest BCUT2D eigenvalue weighted by Crippen LogP contribution is -2.09. The molecule has 0 saturated heterocycles. The molecule has 0 amide bonds. The topological polar surface area (TPSA) is 68.8 Å². The first-order valence-electron chi connectivity index (χ1n) is 7.52. The molecule has 3 N–H and O–H groups in total. The molecule has 25 heavy (non-hydrogen) atoms. The first kappa shape index (κ1) is 16.3. The Kier molecular flexibility index (Phi) is 4.32. The predicted octanol–water partition coefficient (Wildman–Crippen LogP) is 4.63. The van der Waals surface area contributed by atoms with E-state index in [0.717, 1.165) is 27.8 Å². The van der Waals surface area contributed by atoms with Gasteiger partial charge in [-0.1, -0.05) is 23.7 Å². The largest absolute Gasteiger partial charge is 0.308 e. The van der Waals surface area contributed by atoms with E-state index in [1.807, 2.05) is 35.0 Å². The number of hydrazine groups is 1. The number of fused-ring (bicyclic) bond motifs is 1. The van der Waals surface area contributed by atoms with Crippen LogP contribution in [-0.4, -0.2) is 14.5 Å². The van der Waals surface area contributed by atoms with E-state index in [9.17, 15) is 0 Å². The summed E-state index contributed by atoms with van der Waals surface area (Å²) in [5, 5.41) is 1.56. The molecule has 0 fully saturated rings. The van der Waals surface area contributed by atoms with Gasteiger partial charge >= 0.3 is 0 Å². The van der Waals surface area contributed by atoms with Gasteiger partial charge in [-0.25, -0.2) is 15.8 Å². The summed E-state index contributed by atoms with van der Waals surface area (Å²) in [6.07, 6.45) is 3.55. The molecule has 2 aromatic heterocycles. The fourth-order valence-electron chi connectivity index (χ4n) is 2.82. The third kappa shape index (κ3) is 2.97. The molecule has 0 bridgehead atoms. The molecule has 5 nitrogen and oxygen atoms in total. The van der Waals surface area contributed by atoms with Gasteiger partial charge in [-0.3, -0.25) is 0 Å². The fourth-order valence-corrected chi connectivity index (χ4v) is 3.30. The highest BCUT2D eigenvalue weighted by Crippen LogP contribution is 2.35. The van der Waals surface area contributed by atoms with E-state index in [2.05, 4.69) is 62.3 Å². The molecule has 4 rings (SSSR count). The highest BCUT2D eigenvalue weighted by atomic mass is 127. The van der Waals surface area contributed by atoms with Gasteiger partial charge in [0.2, 0.25) is 0 Å². The summed E-state index contributed by atoms with van der Waals surface area (Å²) in [5.41, 5.74) is 6.48. The Labute approximate surface area is 163 Å². The molecule has 0 spiro atoms. The summed E-state index contributed by atoms with van der Waals surface area (Å²) in [4.78, 5) is 8.74. The maximum Gasteiger partial charge on any atom is 0.153 e. The Morgan fingerprint density at radius 2 is 1.72 bits per heavy atom. The van der Waals surface area contributed by atoms with E-state index in [4.69, 9.17) is 17.4 Å². The number of rotatable bonds is 3. The standard InChI is InChI=1S/C18H13ClIN5/c19-12-3-1-11(2-4-12)15-9-25(14-7-5-13(20)6-8-14)18-16(15)17(24-21)22-10-23-18/h1-10H,21H2,(H,22,23,24). The van der Waals surface area contributed by atoms with Gasteiger partial charge in [-0.15, -0.1) is 0 Å². The molecule has 0 saturated carbocycles. The van der Waals surface area contributed by atoms with Crippen LogP contribution in [0.2, 0.25) is 5.02 Å². The van der Waals surface area contributed by atoms with Crippen LogP contribution >= 0.6 is 34.2 Å². The van der Waals surface area contributed by atoms with E-state index in [1.54, 1.807) is 0 Å².